The van der Waals surface area contributed by atoms with Crippen molar-refractivity contribution in [2.45, 2.75) is 5.03 Å². The fourth-order valence-electron chi connectivity index (χ4n) is 2.35. The molecule has 0 amide bonds. The molecule has 0 spiro atoms. The van der Waals surface area contributed by atoms with Crippen molar-refractivity contribution in [1.82, 2.24) is 4.98 Å². The van der Waals surface area contributed by atoms with Gasteiger partial charge in [0.05, 0.1) is 17.1 Å². The van der Waals surface area contributed by atoms with E-state index < -0.39 is 0 Å². The molecule has 0 aliphatic rings. The fourth-order valence-corrected chi connectivity index (χ4v) is 3.23. The Morgan fingerprint density at radius 1 is 1.04 bits per heavy atom. The zero-order chi connectivity index (χ0) is 19.9. The second-order valence-electron chi connectivity index (χ2n) is 5.66. The van der Waals surface area contributed by atoms with E-state index in [-0.39, 0.29) is 34.3 Å². The van der Waals surface area contributed by atoms with E-state index in [1.54, 1.807) is 36.4 Å². The minimum Gasteiger partial charge on any atom is -0.396 e. The van der Waals surface area contributed by atoms with Gasteiger partial charge in [0.2, 0.25) is 0 Å². The topological polar surface area (TPSA) is 131 Å². The van der Waals surface area contributed by atoms with E-state index in [0.29, 0.717) is 16.3 Å². The Labute approximate surface area is 166 Å². The number of anilines is 2. The molecule has 7 nitrogen and oxygen atoms in total. The van der Waals surface area contributed by atoms with Crippen LogP contribution in [0.1, 0.15) is 15.9 Å². The van der Waals surface area contributed by atoms with Gasteiger partial charge in [0.15, 0.2) is 5.78 Å². The molecule has 0 bridgehead atoms. The monoisotopic (exact) mass is 388 g/mol. The minimum atomic E-state index is -0.0696. The van der Waals surface area contributed by atoms with E-state index in [1.165, 1.54) is 0 Å². The molecular weight excluding hydrogens is 372 g/mol. The van der Waals surface area contributed by atoms with Gasteiger partial charge in [-0.3, -0.25) is 4.79 Å². The highest BCUT2D eigenvalue weighted by Crippen LogP contribution is 2.38. The number of nitrogens with zero attached hydrogens (tertiary/aromatic N) is 4. The summed E-state index contributed by atoms with van der Waals surface area (Å²) in [4.78, 5) is 16.6. The summed E-state index contributed by atoms with van der Waals surface area (Å²) in [5.41, 5.74) is 13.5. The third-order valence-electron chi connectivity index (χ3n) is 3.77. The highest BCUT2D eigenvalue weighted by molar-refractivity contribution is 8.00. The average molecular weight is 388 g/mol. The number of azo groups is 1. The van der Waals surface area contributed by atoms with Crippen LogP contribution in [0.4, 0.5) is 22.9 Å². The third kappa shape index (κ3) is 4.34. The van der Waals surface area contributed by atoms with Crippen molar-refractivity contribution < 1.29 is 4.79 Å². The molecule has 0 radical (unpaired) electrons. The summed E-state index contributed by atoms with van der Waals surface area (Å²) in [7, 11) is 0. The third-order valence-corrected chi connectivity index (χ3v) is 4.74. The minimum absolute atomic E-state index is 0.00618. The van der Waals surface area contributed by atoms with Crippen molar-refractivity contribution in [1.29, 1.82) is 5.26 Å². The van der Waals surface area contributed by atoms with Gasteiger partial charge in [-0.15, -0.1) is 5.11 Å². The normalized spacial score (nSPS) is 10.7. The van der Waals surface area contributed by atoms with Crippen molar-refractivity contribution in [2.75, 3.05) is 17.2 Å². The summed E-state index contributed by atoms with van der Waals surface area (Å²) >= 11 is 1.15. The first-order valence-electron chi connectivity index (χ1n) is 8.27. The van der Waals surface area contributed by atoms with Crippen LogP contribution < -0.4 is 11.5 Å². The van der Waals surface area contributed by atoms with Crippen molar-refractivity contribution in [2.24, 2.45) is 10.2 Å². The van der Waals surface area contributed by atoms with Crippen LogP contribution in [0.5, 0.6) is 0 Å². The predicted molar refractivity (Wildman–Crippen MR) is 110 cm³/mol. The molecule has 0 fully saturated rings. The predicted octanol–water partition coefficient (Wildman–Crippen LogP) is 4.51. The lowest BCUT2D eigenvalue weighted by atomic mass is 10.2. The number of pyridine rings is 1. The molecule has 0 aliphatic carbocycles. The highest BCUT2D eigenvalue weighted by Gasteiger charge is 2.18. The van der Waals surface area contributed by atoms with E-state index in [2.05, 4.69) is 15.2 Å². The Morgan fingerprint density at radius 2 is 1.68 bits per heavy atom. The lowest BCUT2D eigenvalue weighted by Crippen LogP contribution is -2.05. The Morgan fingerprint density at radius 3 is 2.32 bits per heavy atom. The maximum absolute atomic E-state index is 12.4. The number of nitrogen functional groups attached to an aromatic ring is 2. The van der Waals surface area contributed by atoms with E-state index in [9.17, 15) is 10.1 Å². The Hall–Kier alpha value is -3.70. The number of rotatable bonds is 6. The summed E-state index contributed by atoms with van der Waals surface area (Å²) in [5, 5.41) is 17.9. The number of thioether (sulfide) groups is 1. The van der Waals surface area contributed by atoms with E-state index in [0.717, 1.165) is 11.8 Å². The largest absolute Gasteiger partial charge is 0.396 e. The second-order valence-corrected chi connectivity index (χ2v) is 6.63. The van der Waals surface area contributed by atoms with Gasteiger partial charge in [-0.05, 0) is 12.1 Å². The van der Waals surface area contributed by atoms with Crippen LogP contribution in [0.3, 0.4) is 0 Å². The number of hydrogen-bond donors (Lipinski definition) is 2. The second kappa shape index (κ2) is 8.79. The van der Waals surface area contributed by atoms with Gasteiger partial charge in [0.1, 0.15) is 28.2 Å². The van der Waals surface area contributed by atoms with Gasteiger partial charge >= 0.3 is 0 Å². The number of carbonyl (C=O) groups excluding carboxylic acids is 1. The van der Waals surface area contributed by atoms with Crippen molar-refractivity contribution >= 4 is 40.4 Å². The van der Waals surface area contributed by atoms with Gasteiger partial charge in [0, 0.05) is 5.56 Å². The fraction of sp³-hybridized carbons (Fsp3) is 0.0500. The van der Waals surface area contributed by atoms with Crippen LogP contribution in [-0.4, -0.2) is 16.5 Å². The maximum Gasteiger partial charge on any atom is 0.173 e. The first-order chi connectivity index (χ1) is 13.6. The van der Waals surface area contributed by atoms with E-state index in [4.69, 9.17) is 11.5 Å². The number of Topliss-reactive ketones (excluding diaryl/α,β-unsaturated/α-hetero) is 1. The molecular formula is C20H16N6OS. The van der Waals surface area contributed by atoms with E-state index >= 15 is 0 Å². The van der Waals surface area contributed by atoms with Gasteiger partial charge < -0.3 is 11.5 Å². The molecule has 0 unspecified atom stereocenters. The molecule has 138 valence electrons. The molecule has 0 saturated heterocycles. The number of carbonyl (C=O) groups is 1. The van der Waals surface area contributed by atoms with Crippen LogP contribution in [0, 0.1) is 11.3 Å². The maximum atomic E-state index is 12.4. The van der Waals surface area contributed by atoms with Crippen LogP contribution in [0.25, 0.3) is 0 Å². The molecule has 0 atom stereocenters. The molecule has 2 aromatic carbocycles. The van der Waals surface area contributed by atoms with Crippen molar-refractivity contribution in [3.05, 3.63) is 71.8 Å². The quantitative estimate of drug-likeness (QED) is 0.363. The van der Waals surface area contributed by atoms with E-state index in [1.807, 2.05) is 30.3 Å². The summed E-state index contributed by atoms with van der Waals surface area (Å²) in [6.07, 6.45) is 0. The van der Waals surface area contributed by atoms with Gasteiger partial charge in [0.25, 0.3) is 0 Å². The summed E-state index contributed by atoms with van der Waals surface area (Å²) in [5.74, 6) is 0.0449. The van der Waals surface area contributed by atoms with Gasteiger partial charge in [-0.25, -0.2) is 4.98 Å². The van der Waals surface area contributed by atoms with Crippen LogP contribution in [-0.2, 0) is 0 Å². The molecule has 0 aliphatic heterocycles. The highest BCUT2D eigenvalue weighted by atomic mass is 32.2. The molecule has 0 saturated carbocycles. The first-order valence-corrected chi connectivity index (χ1v) is 9.25. The van der Waals surface area contributed by atoms with Crippen LogP contribution in [0.2, 0.25) is 0 Å². The zero-order valence-corrected chi connectivity index (χ0v) is 15.6. The molecule has 8 heteroatoms. The van der Waals surface area contributed by atoms with Gasteiger partial charge in [-0.2, -0.15) is 10.4 Å². The molecule has 3 aromatic rings. The van der Waals surface area contributed by atoms with Crippen molar-refractivity contribution in [3.8, 4) is 6.07 Å². The zero-order valence-electron chi connectivity index (χ0n) is 14.7. The molecule has 4 N–H and O–H groups in total. The number of benzene rings is 2. The number of nitrogens with two attached hydrogens (primary N) is 2. The Bertz CT molecular complexity index is 1060. The number of ketones is 1. The van der Waals surface area contributed by atoms with Gasteiger partial charge in [-0.1, -0.05) is 60.3 Å². The molecule has 28 heavy (non-hydrogen) atoms. The lowest BCUT2D eigenvalue weighted by molar-refractivity contribution is 0.102. The van der Waals surface area contributed by atoms with Crippen LogP contribution in [0.15, 0.2) is 75.9 Å². The summed E-state index contributed by atoms with van der Waals surface area (Å²) in [6, 6.07) is 19.9. The SMILES string of the molecule is N#Cc1c(N)nc(SCC(=O)c2ccccc2)c(N=Nc2ccccc2)c1N. The molecule has 1 heterocycles. The molecule has 1 aromatic heterocycles. The number of nitriles is 1. The Balaban J connectivity index is 1.92. The smallest absolute Gasteiger partial charge is 0.173 e. The number of aromatic nitrogens is 1. The lowest BCUT2D eigenvalue weighted by Gasteiger charge is -2.10. The standard InChI is InChI=1S/C20H16N6OS/c21-11-15-17(22)18(26-25-14-9-5-2-6-10-14)20(24-19(15)23)28-12-16(27)13-7-3-1-4-8-13/h1-10H,12H2,(H4,22,23,24). The number of hydrogen-bond acceptors (Lipinski definition) is 8. The average Bonchev–Trinajstić information content (AvgIpc) is 2.73. The van der Waals surface area contributed by atoms with Crippen LogP contribution >= 0.6 is 11.8 Å². The summed E-state index contributed by atoms with van der Waals surface area (Å²) in [6.45, 7) is 0. The summed E-state index contributed by atoms with van der Waals surface area (Å²) < 4.78 is 0. The molecule has 3 rings (SSSR count). The first kappa shape index (κ1) is 19.1. The Kier molecular flexibility index (Phi) is 5.99. The van der Waals surface area contributed by atoms with Crippen molar-refractivity contribution in [3.63, 3.8) is 0 Å².